The van der Waals surface area contributed by atoms with E-state index in [2.05, 4.69) is 14.9 Å². The summed E-state index contributed by atoms with van der Waals surface area (Å²) in [6, 6.07) is 17.1. The number of ether oxygens (including phenoxy) is 2. The van der Waals surface area contributed by atoms with Crippen LogP contribution in [0.5, 0.6) is 11.5 Å². The third kappa shape index (κ3) is 4.77. The van der Waals surface area contributed by atoms with E-state index in [1.807, 2.05) is 66.4 Å². The van der Waals surface area contributed by atoms with Crippen LogP contribution in [0.3, 0.4) is 0 Å². The Bertz CT molecular complexity index is 1010. The molecule has 0 N–H and O–H groups in total. The fourth-order valence-corrected chi connectivity index (χ4v) is 3.62. The molecular weight excluding hydrogens is 392 g/mol. The molecule has 1 amide bonds. The lowest BCUT2D eigenvalue weighted by Gasteiger charge is -2.35. The van der Waals surface area contributed by atoms with Crippen molar-refractivity contribution in [3.05, 3.63) is 66.5 Å². The molecule has 1 aliphatic heterocycles. The third-order valence-electron chi connectivity index (χ3n) is 5.34. The van der Waals surface area contributed by atoms with Gasteiger partial charge < -0.3 is 19.3 Å². The number of methoxy groups -OCH3 is 1. The highest BCUT2D eigenvalue weighted by Crippen LogP contribution is 2.24. The van der Waals surface area contributed by atoms with Crippen molar-refractivity contribution in [3.8, 4) is 22.8 Å². The van der Waals surface area contributed by atoms with Crippen molar-refractivity contribution in [2.45, 2.75) is 6.92 Å². The van der Waals surface area contributed by atoms with Crippen molar-refractivity contribution in [3.63, 3.8) is 0 Å². The first-order valence-electron chi connectivity index (χ1n) is 10.4. The number of carbonyl (C=O) groups is 1. The Balaban J connectivity index is 1.39. The topological polar surface area (TPSA) is 67.8 Å². The molecule has 0 unspecified atom stereocenters. The van der Waals surface area contributed by atoms with Crippen LogP contribution in [0.25, 0.3) is 11.3 Å². The highest BCUT2D eigenvalue weighted by molar-refractivity contribution is 5.94. The fraction of sp³-hybridized carbons (Fsp3) is 0.292. The van der Waals surface area contributed by atoms with Crippen LogP contribution in [0, 0.1) is 0 Å². The number of piperazine rings is 1. The Kier molecular flexibility index (Phi) is 6.31. The predicted octanol–water partition coefficient (Wildman–Crippen LogP) is 3.51. The van der Waals surface area contributed by atoms with Gasteiger partial charge in [-0.15, -0.1) is 0 Å². The molecule has 7 heteroatoms. The number of anilines is 1. The Morgan fingerprint density at radius 2 is 1.61 bits per heavy atom. The van der Waals surface area contributed by atoms with E-state index < -0.39 is 0 Å². The van der Waals surface area contributed by atoms with E-state index in [1.54, 1.807) is 13.4 Å². The average Bonchev–Trinajstić information content (AvgIpc) is 2.84. The minimum Gasteiger partial charge on any atom is -0.497 e. The molecule has 4 rings (SSSR count). The Morgan fingerprint density at radius 1 is 0.935 bits per heavy atom. The molecule has 1 aromatic heterocycles. The van der Waals surface area contributed by atoms with Crippen molar-refractivity contribution in [1.29, 1.82) is 0 Å². The van der Waals surface area contributed by atoms with Crippen molar-refractivity contribution in [1.82, 2.24) is 14.9 Å². The highest BCUT2D eigenvalue weighted by atomic mass is 16.5. The van der Waals surface area contributed by atoms with Crippen LogP contribution < -0.4 is 14.4 Å². The molecule has 2 aromatic carbocycles. The second-order valence-electron chi connectivity index (χ2n) is 7.23. The van der Waals surface area contributed by atoms with E-state index in [-0.39, 0.29) is 5.91 Å². The summed E-state index contributed by atoms with van der Waals surface area (Å²) in [4.78, 5) is 25.8. The molecule has 0 spiro atoms. The lowest BCUT2D eigenvalue weighted by atomic mass is 10.1. The summed E-state index contributed by atoms with van der Waals surface area (Å²) < 4.78 is 10.7. The Labute approximate surface area is 182 Å². The van der Waals surface area contributed by atoms with Gasteiger partial charge in [-0.3, -0.25) is 4.79 Å². The van der Waals surface area contributed by atoms with Crippen LogP contribution in [0.2, 0.25) is 0 Å². The van der Waals surface area contributed by atoms with Crippen LogP contribution in [-0.2, 0) is 0 Å². The predicted molar refractivity (Wildman–Crippen MR) is 120 cm³/mol. The fourth-order valence-electron chi connectivity index (χ4n) is 3.62. The first-order valence-corrected chi connectivity index (χ1v) is 10.4. The van der Waals surface area contributed by atoms with Crippen LogP contribution in [0.4, 0.5) is 5.82 Å². The number of carbonyl (C=O) groups excluding carboxylic acids is 1. The maximum absolute atomic E-state index is 12.8. The van der Waals surface area contributed by atoms with Gasteiger partial charge in [0.25, 0.3) is 5.91 Å². The average molecular weight is 418 g/mol. The molecule has 7 nitrogen and oxygen atoms in total. The monoisotopic (exact) mass is 418 g/mol. The molecule has 31 heavy (non-hydrogen) atoms. The summed E-state index contributed by atoms with van der Waals surface area (Å²) in [6.45, 7) is 5.29. The van der Waals surface area contributed by atoms with Crippen LogP contribution in [-0.4, -0.2) is 60.7 Å². The zero-order valence-electron chi connectivity index (χ0n) is 17.8. The molecule has 160 valence electrons. The SMILES string of the molecule is CCOc1ccc(C(=O)N2CCN(c3cc(-c4ccc(OC)cc4)ncn3)CC2)cc1. The number of hydrogen-bond acceptors (Lipinski definition) is 6. The minimum atomic E-state index is 0.0457. The normalized spacial score (nSPS) is 13.7. The van der Waals surface area contributed by atoms with Gasteiger partial charge in [0.1, 0.15) is 23.6 Å². The number of aromatic nitrogens is 2. The third-order valence-corrected chi connectivity index (χ3v) is 5.34. The molecular formula is C24H26N4O3. The maximum Gasteiger partial charge on any atom is 0.253 e. The van der Waals surface area contributed by atoms with Crippen LogP contribution >= 0.6 is 0 Å². The van der Waals surface area contributed by atoms with Crippen LogP contribution in [0.15, 0.2) is 60.9 Å². The van der Waals surface area contributed by atoms with Gasteiger partial charge in [-0.1, -0.05) is 0 Å². The first kappa shape index (κ1) is 20.7. The summed E-state index contributed by atoms with van der Waals surface area (Å²) in [7, 11) is 1.65. The standard InChI is InChI=1S/C24H26N4O3/c1-3-31-21-10-6-19(7-11-21)24(29)28-14-12-27(13-15-28)23-16-22(25-17-26-23)18-4-8-20(30-2)9-5-18/h4-11,16-17H,3,12-15H2,1-2H3. The smallest absolute Gasteiger partial charge is 0.253 e. The molecule has 0 saturated carbocycles. The van der Waals surface area contributed by atoms with Gasteiger partial charge in [0.05, 0.1) is 19.4 Å². The molecule has 1 fully saturated rings. The summed E-state index contributed by atoms with van der Waals surface area (Å²) >= 11 is 0. The maximum atomic E-state index is 12.8. The molecule has 1 aliphatic rings. The van der Waals surface area contributed by atoms with Gasteiger partial charge in [0.2, 0.25) is 0 Å². The van der Waals surface area contributed by atoms with Gasteiger partial charge in [0.15, 0.2) is 0 Å². The molecule has 0 bridgehead atoms. The zero-order valence-corrected chi connectivity index (χ0v) is 17.8. The van der Waals surface area contributed by atoms with E-state index in [1.165, 1.54) is 0 Å². The van der Waals surface area contributed by atoms with E-state index in [9.17, 15) is 4.79 Å². The molecule has 3 aromatic rings. The number of nitrogens with zero attached hydrogens (tertiary/aromatic N) is 4. The molecule has 1 saturated heterocycles. The largest absolute Gasteiger partial charge is 0.497 e. The van der Waals surface area contributed by atoms with E-state index in [0.717, 1.165) is 41.7 Å². The Morgan fingerprint density at radius 3 is 2.26 bits per heavy atom. The van der Waals surface area contributed by atoms with Crippen molar-refractivity contribution in [2.75, 3.05) is 44.8 Å². The number of amides is 1. The van der Waals surface area contributed by atoms with E-state index in [4.69, 9.17) is 9.47 Å². The van der Waals surface area contributed by atoms with E-state index >= 15 is 0 Å². The van der Waals surface area contributed by atoms with Gasteiger partial charge >= 0.3 is 0 Å². The molecule has 2 heterocycles. The van der Waals surface area contributed by atoms with Gasteiger partial charge in [-0.25, -0.2) is 9.97 Å². The van der Waals surface area contributed by atoms with Crippen molar-refractivity contribution >= 4 is 11.7 Å². The molecule has 0 aliphatic carbocycles. The molecule has 0 atom stereocenters. The van der Waals surface area contributed by atoms with Crippen LogP contribution in [0.1, 0.15) is 17.3 Å². The second-order valence-corrected chi connectivity index (χ2v) is 7.23. The molecule has 0 radical (unpaired) electrons. The van der Waals surface area contributed by atoms with Gasteiger partial charge in [-0.05, 0) is 55.5 Å². The van der Waals surface area contributed by atoms with Gasteiger partial charge in [-0.2, -0.15) is 0 Å². The number of rotatable bonds is 6. The van der Waals surface area contributed by atoms with E-state index in [0.29, 0.717) is 25.3 Å². The Hall–Kier alpha value is -3.61. The summed E-state index contributed by atoms with van der Waals surface area (Å²) in [5, 5.41) is 0. The summed E-state index contributed by atoms with van der Waals surface area (Å²) in [6.07, 6.45) is 1.59. The lowest BCUT2D eigenvalue weighted by molar-refractivity contribution is 0.0746. The summed E-state index contributed by atoms with van der Waals surface area (Å²) in [5.41, 5.74) is 2.55. The van der Waals surface area contributed by atoms with Gasteiger partial charge in [0, 0.05) is 43.4 Å². The minimum absolute atomic E-state index is 0.0457. The zero-order chi connectivity index (χ0) is 21.6. The van der Waals surface area contributed by atoms with Crippen molar-refractivity contribution in [2.24, 2.45) is 0 Å². The summed E-state index contributed by atoms with van der Waals surface area (Å²) in [5.74, 6) is 2.50. The lowest BCUT2D eigenvalue weighted by Crippen LogP contribution is -2.49. The quantitative estimate of drug-likeness (QED) is 0.610. The van der Waals surface area contributed by atoms with Crippen molar-refractivity contribution < 1.29 is 14.3 Å². The first-order chi connectivity index (χ1) is 15.2. The second kappa shape index (κ2) is 9.47. The highest BCUT2D eigenvalue weighted by Gasteiger charge is 2.23. The number of benzene rings is 2. The number of hydrogen-bond donors (Lipinski definition) is 0.